The van der Waals surface area contributed by atoms with Crippen LogP contribution in [0.3, 0.4) is 0 Å². The molecule has 6 nitrogen and oxygen atoms in total. The molecular formula is C19H20N2O4. The second-order valence-electron chi connectivity index (χ2n) is 7.17. The van der Waals surface area contributed by atoms with Crippen LogP contribution in [0.25, 0.3) is 0 Å². The molecule has 1 heterocycles. The predicted molar refractivity (Wildman–Crippen MR) is 90.0 cm³/mol. The molecule has 6 heteroatoms. The molecule has 0 radical (unpaired) electrons. The maximum absolute atomic E-state index is 13.1. The minimum absolute atomic E-state index is 0.0859. The molecule has 1 saturated heterocycles. The van der Waals surface area contributed by atoms with Crippen molar-refractivity contribution in [2.24, 2.45) is 23.7 Å². The Morgan fingerprint density at radius 3 is 2.24 bits per heavy atom. The molecule has 1 aliphatic heterocycles. The fraction of sp³-hybridized carbons (Fsp3) is 0.421. The molecule has 5 atom stereocenters. The van der Waals surface area contributed by atoms with Crippen molar-refractivity contribution in [3.63, 3.8) is 0 Å². The number of nitrogen functional groups attached to an aromatic ring is 1. The number of hydrogen-bond acceptors (Lipinski definition) is 4. The summed E-state index contributed by atoms with van der Waals surface area (Å²) in [5, 5.41) is 9.33. The quantitative estimate of drug-likeness (QED) is 0.496. The van der Waals surface area contributed by atoms with Gasteiger partial charge in [-0.25, -0.2) is 0 Å². The van der Waals surface area contributed by atoms with Gasteiger partial charge >= 0.3 is 5.97 Å². The fourth-order valence-electron chi connectivity index (χ4n) is 4.69. The molecule has 0 aromatic heterocycles. The normalized spacial score (nSPS) is 31.3. The lowest BCUT2D eigenvalue weighted by molar-refractivity contribution is -0.146. The third-order valence-corrected chi connectivity index (χ3v) is 5.77. The van der Waals surface area contributed by atoms with E-state index in [9.17, 15) is 19.5 Å². The number of anilines is 1. The van der Waals surface area contributed by atoms with Crippen molar-refractivity contribution >= 4 is 23.5 Å². The molecule has 25 heavy (non-hydrogen) atoms. The van der Waals surface area contributed by atoms with Gasteiger partial charge < -0.3 is 10.8 Å². The van der Waals surface area contributed by atoms with Crippen molar-refractivity contribution < 1.29 is 19.5 Å². The van der Waals surface area contributed by atoms with E-state index in [2.05, 4.69) is 12.2 Å². The number of aliphatic carboxylic acids is 1. The number of carboxylic acid groups (broad SMARTS) is 1. The minimum atomic E-state index is -1.05. The lowest BCUT2D eigenvalue weighted by Gasteiger charge is -2.38. The third-order valence-electron chi connectivity index (χ3n) is 5.77. The zero-order chi connectivity index (χ0) is 17.7. The van der Waals surface area contributed by atoms with Gasteiger partial charge in [-0.05, 0) is 42.4 Å². The summed E-state index contributed by atoms with van der Waals surface area (Å²) in [4.78, 5) is 38.7. The molecule has 1 aromatic rings. The van der Waals surface area contributed by atoms with Gasteiger partial charge in [-0.15, -0.1) is 0 Å². The Bertz CT molecular complexity index is 755. The van der Waals surface area contributed by atoms with Crippen molar-refractivity contribution in [1.29, 1.82) is 0 Å². The van der Waals surface area contributed by atoms with Gasteiger partial charge in [-0.2, -0.15) is 0 Å². The van der Waals surface area contributed by atoms with Crippen LogP contribution in [0.5, 0.6) is 0 Å². The first-order valence-electron chi connectivity index (χ1n) is 8.60. The number of hydrogen-bond donors (Lipinski definition) is 2. The van der Waals surface area contributed by atoms with E-state index >= 15 is 0 Å². The average Bonchev–Trinajstić information content (AvgIpc) is 2.87. The van der Waals surface area contributed by atoms with Crippen molar-refractivity contribution in [1.82, 2.24) is 4.90 Å². The monoisotopic (exact) mass is 340 g/mol. The number of benzene rings is 1. The van der Waals surface area contributed by atoms with Gasteiger partial charge in [0.15, 0.2) is 0 Å². The van der Waals surface area contributed by atoms with Crippen LogP contribution in [0.2, 0.25) is 0 Å². The topological polar surface area (TPSA) is 101 Å². The predicted octanol–water partition coefficient (Wildman–Crippen LogP) is 1.98. The van der Waals surface area contributed by atoms with E-state index in [4.69, 9.17) is 5.73 Å². The number of rotatable bonds is 4. The fourth-order valence-corrected chi connectivity index (χ4v) is 4.69. The molecule has 1 saturated carbocycles. The number of nitrogens with two attached hydrogens (primary N) is 1. The highest BCUT2D eigenvalue weighted by Crippen LogP contribution is 2.51. The van der Waals surface area contributed by atoms with Gasteiger partial charge in [-0.1, -0.05) is 24.3 Å². The van der Waals surface area contributed by atoms with E-state index in [-0.39, 0.29) is 41.9 Å². The van der Waals surface area contributed by atoms with E-state index in [1.807, 2.05) is 0 Å². The summed E-state index contributed by atoms with van der Waals surface area (Å²) in [7, 11) is 0. The SMILES string of the molecule is Nc1cccc(C(CC(=O)O)N2C(=O)C3C4C=CC(CC4)C3C2=O)c1. The third kappa shape index (κ3) is 2.44. The van der Waals surface area contributed by atoms with E-state index < -0.39 is 12.0 Å². The van der Waals surface area contributed by atoms with E-state index in [1.54, 1.807) is 24.3 Å². The molecule has 4 aliphatic rings. The Labute approximate surface area is 145 Å². The summed E-state index contributed by atoms with van der Waals surface area (Å²) in [6, 6.07) is 5.95. The Kier molecular flexibility index (Phi) is 3.63. The number of amides is 2. The number of carbonyl (C=O) groups excluding carboxylic acids is 2. The van der Waals surface area contributed by atoms with E-state index in [0.717, 1.165) is 12.8 Å². The smallest absolute Gasteiger partial charge is 0.305 e. The lowest BCUT2D eigenvalue weighted by atomic mass is 9.63. The van der Waals surface area contributed by atoms with Crippen LogP contribution in [0.4, 0.5) is 5.69 Å². The first-order valence-corrected chi connectivity index (χ1v) is 8.60. The second-order valence-corrected chi connectivity index (χ2v) is 7.17. The molecule has 2 bridgehead atoms. The summed E-state index contributed by atoms with van der Waals surface area (Å²) < 4.78 is 0. The highest BCUT2D eigenvalue weighted by molar-refractivity contribution is 6.06. The second kappa shape index (κ2) is 5.72. The maximum atomic E-state index is 13.1. The molecule has 0 spiro atoms. The van der Waals surface area contributed by atoms with Crippen LogP contribution in [-0.2, 0) is 14.4 Å². The first kappa shape index (κ1) is 15.9. The standard InChI is InChI=1S/C19H20N2O4/c20-13-3-1-2-12(8-13)14(9-15(22)23)21-18(24)16-10-4-5-11(7-6-10)17(16)19(21)25/h1-5,8,10-11,14,16-17H,6-7,9,20H2,(H,22,23). The van der Waals surface area contributed by atoms with Crippen molar-refractivity contribution in [2.45, 2.75) is 25.3 Å². The van der Waals surface area contributed by atoms with Crippen molar-refractivity contribution in [3.05, 3.63) is 42.0 Å². The number of fused-ring (bicyclic) bond motifs is 1. The van der Waals surface area contributed by atoms with Gasteiger partial charge in [0, 0.05) is 5.69 Å². The highest BCUT2D eigenvalue weighted by atomic mass is 16.4. The Morgan fingerprint density at radius 2 is 1.76 bits per heavy atom. The number of carbonyl (C=O) groups is 3. The van der Waals surface area contributed by atoms with Gasteiger partial charge in [0.05, 0.1) is 24.3 Å². The van der Waals surface area contributed by atoms with Gasteiger partial charge in [0.2, 0.25) is 11.8 Å². The number of imide groups is 1. The largest absolute Gasteiger partial charge is 0.481 e. The van der Waals surface area contributed by atoms with Crippen LogP contribution >= 0.6 is 0 Å². The zero-order valence-electron chi connectivity index (χ0n) is 13.7. The van der Waals surface area contributed by atoms with Gasteiger partial charge in [0.25, 0.3) is 0 Å². The summed E-state index contributed by atoms with van der Waals surface area (Å²) in [6.07, 6.45) is 5.62. The molecule has 5 unspecified atom stereocenters. The van der Waals surface area contributed by atoms with Crippen molar-refractivity contribution in [2.75, 3.05) is 5.73 Å². The zero-order valence-corrected chi connectivity index (χ0v) is 13.7. The van der Waals surface area contributed by atoms with Gasteiger partial charge in [0.1, 0.15) is 0 Å². The van der Waals surface area contributed by atoms with E-state index in [0.29, 0.717) is 11.3 Å². The summed E-state index contributed by atoms with van der Waals surface area (Å²) in [6.45, 7) is 0. The highest BCUT2D eigenvalue weighted by Gasteiger charge is 2.58. The van der Waals surface area contributed by atoms with Gasteiger partial charge in [-0.3, -0.25) is 19.3 Å². The Balaban J connectivity index is 1.74. The van der Waals surface area contributed by atoms with Crippen LogP contribution in [0.1, 0.15) is 30.9 Å². The van der Waals surface area contributed by atoms with Crippen molar-refractivity contribution in [3.8, 4) is 0 Å². The average molecular weight is 340 g/mol. The molecule has 3 aliphatic carbocycles. The maximum Gasteiger partial charge on any atom is 0.305 e. The molecule has 130 valence electrons. The summed E-state index contributed by atoms with van der Waals surface area (Å²) >= 11 is 0. The van der Waals surface area contributed by atoms with Crippen LogP contribution < -0.4 is 5.73 Å². The molecule has 2 fully saturated rings. The van der Waals surface area contributed by atoms with Crippen LogP contribution in [-0.4, -0.2) is 27.8 Å². The number of allylic oxidation sites excluding steroid dienone is 2. The van der Waals surface area contributed by atoms with Crippen LogP contribution in [0.15, 0.2) is 36.4 Å². The summed E-state index contributed by atoms with van der Waals surface area (Å²) in [5.41, 5.74) is 6.88. The molecule has 5 rings (SSSR count). The summed E-state index contributed by atoms with van der Waals surface area (Å²) in [5.74, 6) is -2.03. The Hall–Kier alpha value is -2.63. The minimum Gasteiger partial charge on any atom is -0.481 e. The number of likely N-dealkylation sites (tertiary alicyclic amines) is 1. The van der Waals surface area contributed by atoms with E-state index in [1.165, 1.54) is 4.90 Å². The number of nitrogens with zero attached hydrogens (tertiary/aromatic N) is 1. The Morgan fingerprint density at radius 1 is 1.16 bits per heavy atom. The molecule has 2 amide bonds. The number of carboxylic acids is 1. The first-order chi connectivity index (χ1) is 12.0. The molecule has 3 N–H and O–H groups in total. The molecular weight excluding hydrogens is 320 g/mol. The molecule has 1 aromatic carbocycles. The lowest BCUT2D eigenvalue weighted by Crippen LogP contribution is -2.38. The van der Waals surface area contributed by atoms with Crippen LogP contribution in [0, 0.1) is 23.7 Å².